The van der Waals surface area contributed by atoms with E-state index in [1.165, 1.54) is 12.1 Å². The number of hydrogen-bond donors (Lipinski definition) is 1. The highest BCUT2D eigenvalue weighted by atomic mass is 19.4. The fourth-order valence-electron chi connectivity index (χ4n) is 1.59. The van der Waals surface area contributed by atoms with E-state index >= 15 is 0 Å². The third-order valence-electron chi connectivity index (χ3n) is 2.43. The molecule has 1 aliphatic heterocycles. The molecule has 2 N–H and O–H groups in total. The summed E-state index contributed by atoms with van der Waals surface area (Å²) in [4.78, 5) is 0. The van der Waals surface area contributed by atoms with Gasteiger partial charge in [0.15, 0.2) is 0 Å². The number of nitrogens with two attached hydrogens (primary N) is 1. The molecule has 15 heavy (non-hydrogen) atoms. The lowest BCUT2D eigenvalue weighted by Gasteiger charge is -2.16. The number of fused-ring (bicyclic) bond motifs is 1. The first-order valence-corrected chi connectivity index (χ1v) is 4.56. The van der Waals surface area contributed by atoms with E-state index in [2.05, 4.69) is 0 Å². The number of rotatable bonds is 1. The minimum Gasteiger partial charge on any atom is -0.493 e. The third kappa shape index (κ3) is 1.92. The van der Waals surface area contributed by atoms with Gasteiger partial charge >= 0.3 is 6.18 Å². The number of alkyl halides is 3. The van der Waals surface area contributed by atoms with Gasteiger partial charge in [0.2, 0.25) is 0 Å². The molecule has 2 nitrogen and oxygen atoms in total. The lowest BCUT2D eigenvalue weighted by molar-refractivity contribution is -0.149. The van der Waals surface area contributed by atoms with Crippen LogP contribution in [0.5, 0.6) is 5.75 Å². The van der Waals surface area contributed by atoms with Gasteiger partial charge in [0, 0.05) is 6.42 Å². The first-order valence-electron chi connectivity index (χ1n) is 4.56. The van der Waals surface area contributed by atoms with Crippen molar-refractivity contribution in [1.29, 1.82) is 0 Å². The van der Waals surface area contributed by atoms with Gasteiger partial charge in [-0.15, -0.1) is 0 Å². The second-order valence-electron chi connectivity index (χ2n) is 3.48. The van der Waals surface area contributed by atoms with Crippen LogP contribution in [0.2, 0.25) is 0 Å². The summed E-state index contributed by atoms with van der Waals surface area (Å²) in [5.74, 6) is 0.660. The van der Waals surface area contributed by atoms with Crippen molar-refractivity contribution in [3.05, 3.63) is 29.3 Å². The molecule has 0 spiro atoms. The van der Waals surface area contributed by atoms with Crippen LogP contribution in [0.3, 0.4) is 0 Å². The van der Waals surface area contributed by atoms with Gasteiger partial charge in [0.05, 0.1) is 6.61 Å². The Bertz CT molecular complexity index is 375. The van der Waals surface area contributed by atoms with Crippen molar-refractivity contribution in [2.45, 2.75) is 18.6 Å². The Morgan fingerprint density at radius 3 is 2.73 bits per heavy atom. The van der Waals surface area contributed by atoms with E-state index in [9.17, 15) is 13.2 Å². The molecular formula is C10H10F3NO. The van der Waals surface area contributed by atoms with Crippen molar-refractivity contribution in [3.8, 4) is 5.75 Å². The first kappa shape index (κ1) is 10.3. The minimum absolute atomic E-state index is 0.0896. The third-order valence-corrected chi connectivity index (χ3v) is 2.43. The van der Waals surface area contributed by atoms with E-state index in [0.717, 1.165) is 5.56 Å². The van der Waals surface area contributed by atoms with Crippen LogP contribution in [0, 0.1) is 0 Å². The monoisotopic (exact) mass is 217 g/mol. The number of halogens is 3. The van der Waals surface area contributed by atoms with E-state index in [-0.39, 0.29) is 5.56 Å². The molecule has 0 saturated heterocycles. The first-order chi connectivity index (χ1) is 6.98. The maximum atomic E-state index is 12.3. The lowest BCUT2D eigenvalue weighted by Crippen LogP contribution is -2.28. The Balaban J connectivity index is 2.31. The number of hydrogen-bond acceptors (Lipinski definition) is 2. The molecule has 0 amide bonds. The van der Waals surface area contributed by atoms with Crippen LogP contribution in [0.4, 0.5) is 13.2 Å². The summed E-state index contributed by atoms with van der Waals surface area (Å²) in [6, 6.07) is 2.47. The van der Waals surface area contributed by atoms with Crippen LogP contribution >= 0.6 is 0 Å². The van der Waals surface area contributed by atoms with Gasteiger partial charge in [0.1, 0.15) is 11.8 Å². The van der Waals surface area contributed by atoms with Crippen molar-refractivity contribution in [2.75, 3.05) is 6.61 Å². The van der Waals surface area contributed by atoms with Crippen LogP contribution in [-0.4, -0.2) is 12.8 Å². The highest BCUT2D eigenvalue weighted by molar-refractivity contribution is 5.41. The zero-order chi connectivity index (χ0) is 11.1. The van der Waals surface area contributed by atoms with E-state index in [0.29, 0.717) is 18.8 Å². The van der Waals surface area contributed by atoms with Crippen LogP contribution < -0.4 is 10.5 Å². The molecule has 0 radical (unpaired) electrons. The minimum atomic E-state index is -4.40. The van der Waals surface area contributed by atoms with Crippen molar-refractivity contribution in [3.63, 3.8) is 0 Å². The molecule has 0 unspecified atom stereocenters. The Labute approximate surface area is 84.8 Å². The van der Waals surface area contributed by atoms with Gasteiger partial charge < -0.3 is 10.5 Å². The average Bonchev–Trinajstić information content (AvgIpc) is 2.61. The molecule has 5 heteroatoms. The quantitative estimate of drug-likeness (QED) is 0.782. The summed E-state index contributed by atoms with van der Waals surface area (Å²) < 4.78 is 42.2. The molecule has 1 aliphatic rings. The summed E-state index contributed by atoms with van der Waals surface area (Å²) in [5.41, 5.74) is 5.99. The fraction of sp³-hybridized carbons (Fsp3) is 0.400. The molecule has 1 aromatic carbocycles. The second kappa shape index (κ2) is 3.41. The molecule has 0 aliphatic carbocycles. The Kier molecular flexibility index (Phi) is 2.34. The molecule has 0 aromatic heterocycles. The summed E-state index contributed by atoms with van der Waals surface area (Å²) in [5, 5.41) is 0. The molecule has 1 aromatic rings. The molecule has 0 bridgehead atoms. The molecule has 0 saturated carbocycles. The lowest BCUT2D eigenvalue weighted by atomic mass is 10.0. The van der Waals surface area contributed by atoms with Gasteiger partial charge in [0.25, 0.3) is 0 Å². The van der Waals surface area contributed by atoms with Crippen LogP contribution in [-0.2, 0) is 6.42 Å². The summed E-state index contributed by atoms with van der Waals surface area (Å²) in [6.45, 7) is 0.528. The predicted molar refractivity (Wildman–Crippen MR) is 48.6 cm³/mol. The average molecular weight is 217 g/mol. The Morgan fingerprint density at radius 1 is 1.33 bits per heavy atom. The summed E-state index contributed by atoms with van der Waals surface area (Å²) >= 11 is 0. The topological polar surface area (TPSA) is 35.2 Å². The standard InChI is InChI=1S/C10H10F3NO/c11-10(12,13)9(14)7-1-2-8-6(5-7)3-4-15-8/h1-2,5,9H,3-4,14H2/t9-/m1/s1. The van der Waals surface area contributed by atoms with Gasteiger partial charge in [-0.3, -0.25) is 0 Å². The van der Waals surface area contributed by atoms with Crippen molar-refractivity contribution >= 4 is 0 Å². The Morgan fingerprint density at radius 2 is 2.07 bits per heavy atom. The van der Waals surface area contributed by atoms with E-state index in [4.69, 9.17) is 10.5 Å². The van der Waals surface area contributed by atoms with E-state index < -0.39 is 12.2 Å². The van der Waals surface area contributed by atoms with E-state index in [1.807, 2.05) is 0 Å². The second-order valence-corrected chi connectivity index (χ2v) is 3.48. The molecule has 82 valence electrons. The number of ether oxygens (including phenoxy) is 1. The summed E-state index contributed by atoms with van der Waals surface area (Å²) in [7, 11) is 0. The van der Waals surface area contributed by atoms with E-state index in [1.54, 1.807) is 6.07 Å². The zero-order valence-electron chi connectivity index (χ0n) is 7.84. The van der Waals surface area contributed by atoms with Crippen LogP contribution in [0.1, 0.15) is 17.2 Å². The normalized spacial score (nSPS) is 17.1. The molecule has 2 rings (SSSR count). The van der Waals surface area contributed by atoms with Gasteiger partial charge in [-0.1, -0.05) is 12.1 Å². The van der Waals surface area contributed by atoms with Gasteiger partial charge in [-0.05, 0) is 17.2 Å². The van der Waals surface area contributed by atoms with Crippen molar-refractivity contribution in [1.82, 2.24) is 0 Å². The van der Waals surface area contributed by atoms with Crippen LogP contribution in [0.25, 0.3) is 0 Å². The largest absolute Gasteiger partial charge is 0.493 e. The maximum Gasteiger partial charge on any atom is 0.407 e. The zero-order valence-corrected chi connectivity index (χ0v) is 7.84. The molecular weight excluding hydrogens is 207 g/mol. The Hall–Kier alpha value is -1.23. The van der Waals surface area contributed by atoms with Gasteiger partial charge in [-0.2, -0.15) is 13.2 Å². The maximum absolute atomic E-state index is 12.3. The summed E-state index contributed by atoms with van der Waals surface area (Å²) in [6.07, 6.45) is -3.75. The smallest absolute Gasteiger partial charge is 0.407 e. The highest BCUT2D eigenvalue weighted by Gasteiger charge is 2.38. The molecule has 1 atom stereocenters. The number of benzene rings is 1. The molecule has 0 fully saturated rings. The fourth-order valence-corrected chi connectivity index (χ4v) is 1.59. The van der Waals surface area contributed by atoms with Crippen LogP contribution in [0.15, 0.2) is 18.2 Å². The molecule has 1 heterocycles. The van der Waals surface area contributed by atoms with Gasteiger partial charge in [-0.25, -0.2) is 0 Å². The predicted octanol–water partition coefficient (Wildman–Crippen LogP) is 2.18. The van der Waals surface area contributed by atoms with Crippen molar-refractivity contribution in [2.24, 2.45) is 5.73 Å². The van der Waals surface area contributed by atoms with Crippen molar-refractivity contribution < 1.29 is 17.9 Å². The highest BCUT2D eigenvalue weighted by Crippen LogP contribution is 2.34. The SMILES string of the molecule is N[C@H](c1ccc2c(c1)CCO2)C(F)(F)F.